The largest absolute Gasteiger partial charge is 0.371 e. The third-order valence-electron chi connectivity index (χ3n) is 3.65. The van der Waals surface area contributed by atoms with Gasteiger partial charge in [0.25, 0.3) is 0 Å². The summed E-state index contributed by atoms with van der Waals surface area (Å²) in [7, 11) is 3.82. The van der Waals surface area contributed by atoms with Crippen LogP contribution in [0.15, 0.2) is 24.3 Å². The lowest BCUT2D eigenvalue weighted by molar-refractivity contribution is -0.128. The Hall–Kier alpha value is -2.22. The summed E-state index contributed by atoms with van der Waals surface area (Å²) in [5.74, 6) is 0.0552. The maximum Gasteiger partial charge on any atom is 0.241 e. The minimum absolute atomic E-state index is 0.0552. The molecule has 106 valence electrons. The number of amides is 1. The normalized spacial score (nSPS) is 13.7. The van der Waals surface area contributed by atoms with E-state index in [-0.39, 0.29) is 5.91 Å². The topological polar surface area (TPSA) is 50.6 Å². The molecule has 0 spiro atoms. The van der Waals surface area contributed by atoms with Gasteiger partial charge in [0.1, 0.15) is 0 Å². The highest BCUT2D eigenvalue weighted by atomic mass is 16.2. The monoisotopic (exact) mass is 272 g/mol. The summed E-state index contributed by atoms with van der Waals surface area (Å²) < 4.78 is 0. The highest BCUT2D eigenvalue weighted by molar-refractivity contribution is 5.84. The van der Waals surface area contributed by atoms with Crippen molar-refractivity contribution < 1.29 is 4.79 Å². The zero-order chi connectivity index (χ0) is 14.5. The Balaban J connectivity index is 2.06. The summed E-state index contributed by atoms with van der Waals surface area (Å²) >= 11 is 0. The molecule has 0 radical (unpaired) electrons. The summed E-state index contributed by atoms with van der Waals surface area (Å²) in [6.45, 7) is 2.61. The number of nitrogens with zero attached hydrogens (tertiary/aromatic N) is 4. The predicted molar refractivity (Wildman–Crippen MR) is 79.8 cm³/mol. The van der Waals surface area contributed by atoms with Crippen molar-refractivity contribution in [3.63, 3.8) is 0 Å². The van der Waals surface area contributed by atoms with Crippen molar-refractivity contribution in [2.45, 2.75) is 6.42 Å². The molecule has 1 amide bonds. The van der Waals surface area contributed by atoms with E-state index in [0.29, 0.717) is 19.5 Å². The number of anilines is 2. The summed E-state index contributed by atoms with van der Waals surface area (Å²) in [6, 6.07) is 10.2. The van der Waals surface area contributed by atoms with Crippen molar-refractivity contribution >= 4 is 17.3 Å². The first-order chi connectivity index (χ1) is 9.63. The number of carbonyl (C=O) groups is 1. The number of hydrogen-bond acceptors (Lipinski definition) is 4. The minimum atomic E-state index is 0.0552. The molecule has 5 heteroatoms. The number of nitriles is 1. The number of benzene rings is 1. The van der Waals surface area contributed by atoms with Crippen LogP contribution in [0.1, 0.15) is 6.42 Å². The fraction of sp³-hybridized carbons (Fsp3) is 0.467. The first kappa shape index (κ1) is 14.2. The van der Waals surface area contributed by atoms with Crippen molar-refractivity contribution in [1.29, 1.82) is 5.26 Å². The van der Waals surface area contributed by atoms with Crippen molar-refractivity contribution in [3.8, 4) is 6.07 Å². The first-order valence-electron chi connectivity index (χ1n) is 6.79. The van der Waals surface area contributed by atoms with Gasteiger partial charge in [0.05, 0.1) is 30.4 Å². The van der Waals surface area contributed by atoms with Gasteiger partial charge in [-0.05, 0) is 12.1 Å². The molecule has 0 saturated heterocycles. The zero-order valence-electron chi connectivity index (χ0n) is 12.0. The molecule has 0 aliphatic carbocycles. The van der Waals surface area contributed by atoms with Crippen LogP contribution in [0.25, 0.3) is 0 Å². The van der Waals surface area contributed by atoms with E-state index in [9.17, 15) is 4.79 Å². The Bertz CT molecular complexity index is 523. The fourth-order valence-corrected chi connectivity index (χ4v) is 2.36. The molecule has 1 aliphatic rings. The quantitative estimate of drug-likeness (QED) is 0.829. The summed E-state index contributed by atoms with van der Waals surface area (Å²) in [5, 5.41) is 8.57. The molecule has 0 N–H and O–H groups in total. The van der Waals surface area contributed by atoms with E-state index in [0.717, 1.165) is 24.5 Å². The highest BCUT2D eigenvalue weighted by Gasteiger charge is 2.22. The van der Waals surface area contributed by atoms with E-state index < -0.39 is 0 Å². The summed E-state index contributed by atoms with van der Waals surface area (Å²) in [6.07, 6.45) is 0.377. The molecule has 20 heavy (non-hydrogen) atoms. The van der Waals surface area contributed by atoms with Crippen LogP contribution in [-0.4, -0.2) is 51.1 Å². The molecular formula is C15H20N4O. The fourth-order valence-electron chi connectivity index (χ4n) is 2.36. The Morgan fingerprint density at radius 3 is 2.75 bits per heavy atom. The number of para-hydroxylation sites is 2. The number of fused-ring (bicyclic) bond motifs is 1. The van der Waals surface area contributed by atoms with Crippen molar-refractivity contribution in [2.75, 3.05) is 50.1 Å². The smallest absolute Gasteiger partial charge is 0.241 e. The van der Waals surface area contributed by atoms with Gasteiger partial charge in [-0.1, -0.05) is 12.1 Å². The maximum absolute atomic E-state index is 12.2. The van der Waals surface area contributed by atoms with E-state index in [1.165, 1.54) is 0 Å². The Morgan fingerprint density at radius 1 is 1.35 bits per heavy atom. The van der Waals surface area contributed by atoms with Crippen LogP contribution < -0.4 is 9.80 Å². The van der Waals surface area contributed by atoms with Crippen molar-refractivity contribution in [3.05, 3.63) is 24.3 Å². The van der Waals surface area contributed by atoms with Gasteiger partial charge in [0, 0.05) is 33.7 Å². The Kier molecular flexibility index (Phi) is 4.46. The predicted octanol–water partition coefficient (Wildman–Crippen LogP) is 1.31. The molecule has 1 aromatic rings. The second-order valence-electron chi connectivity index (χ2n) is 5.06. The minimum Gasteiger partial charge on any atom is -0.371 e. The standard InChI is InChI=1S/C15H20N4O/c1-17-10-11-19(14-7-4-3-6-13(14)17)12-15(20)18(2)9-5-8-16/h3-4,6-7H,5,9-12H2,1-2H3. The lowest BCUT2D eigenvalue weighted by Gasteiger charge is -2.37. The van der Waals surface area contributed by atoms with Gasteiger partial charge in [-0.2, -0.15) is 5.26 Å². The third kappa shape index (κ3) is 3.02. The number of hydrogen-bond donors (Lipinski definition) is 0. The average molecular weight is 272 g/mol. The maximum atomic E-state index is 12.2. The lowest BCUT2D eigenvalue weighted by atomic mass is 10.1. The van der Waals surface area contributed by atoms with Gasteiger partial charge in [0.2, 0.25) is 5.91 Å². The van der Waals surface area contributed by atoms with E-state index >= 15 is 0 Å². The molecule has 0 bridgehead atoms. The van der Waals surface area contributed by atoms with Crippen molar-refractivity contribution in [1.82, 2.24) is 4.90 Å². The summed E-state index contributed by atoms with van der Waals surface area (Å²) in [4.78, 5) is 18.1. The molecule has 2 rings (SSSR count). The van der Waals surface area contributed by atoms with E-state index in [2.05, 4.69) is 29.0 Å². The zero-order valence-corrected chi connectivity index (χ0v) is 12.0. The second-order valence-corrected chi connectivity index (χ2v) is 5.06. The SMILES string of the molecule is CN(CCC#N)C(=O)CN1CCN(C)c2ccccc21. The van der Waals surface area contributed by atoms with Crippen LogP contribution in [0.4, 0.5) is 11.4 Å². The molecule has 5 nitrogen and oxygen atoms in total. The molecule has 0 fully saturated rings. The van der Waals surface area contributed by atoms with Crippen LogP contribution in [-0.2, 0) is 4.79 Å². The molecule has 1 aliphatic heterocycles. The molecule has 0 aromatic heterocycles. The summed E-state index contributed by atoms with van der Waals surface area (Å²) in [5.41, 5.74) is 2.26. The first-order valence-corrected chi connectivity index (χ1v) is 6.79. The number of likely N-dealkylation sites (N-methyl/N-ethyl adjacent to an activating group) is 2. The Morgan fingerprint density at radius 2 is 2.05 bits per heavy atom. The Labute approximate surface area is 120 Å². The van der Waals surface area contributed by atoms with Crippen LogP contribution >= 0.6 is 0 Å². The number of rotatable bonds is 4. The average Bonchev–Trinajstić information content (AvgIpc) is 2.47. The molecular weight excluding hydrogens is 252 g/mol. The van der Waals surface area contributed by atoms with Crippen LogP contribution in [0.3, 0.4) is 0 Å². The van der Waals surface area contributed by atoms with E-state index in [4.69, 9.17) is 5.26 Å². The van der Waals surface area contributed by atoms with Crippen molar-refractivity contribution in [2.24, 2.45) is 0 Å². The van der Waals surface area contributed by atoms with Gasteiger partial charge >= 0.3 is 0 Å². The van der Waals surface area contributed by atoms with Crippen LogP contribution in [0.2, 0.25) is 0 Å². The molecule has 0 unspecified atom stereocenters. The van der Waals surface area contributed by atoms with Gasteiger partial charge in [0.15, 0.2) is 0 Å². The molecule has 1 heterocycles. The van der Waals surface area contributed by atoms with Gasteiger partial charge < -0.3 is 14.7 Å². The lowest BCUT2D eigenvalue weighted by Crippen LogP contribution is -2.45. The molecule has 0 saturated carbocycles. The van der Waals surface area contributed by atoms with Gasteiger partial charge in [-0.15, -0.1) is 0 Å². The highest BCUT2D eigenvalue weighted by Crippen LogP contribution is 2.31. The number of carbonyl (C=O) groups excluding carboxylic acids is 1. The van der Waals surface area contributed by atoms with Crippen LogP contribution in [0.5, 0.6) is 0 Å². The van der Waals surface area contributed by atoms with Gasteiger partial charge in [-0.3, -0.25) is 4.79 Å². The molecule has 1 aromatic carbocycles. The molecule has 0 atom stereocenters. The van der Waals surface area contributed by atoms with E-state index in [1.807, 2.05) is 18.2 Å². The van der Waals surface area contributed by atoms with Gasteiger partial charge in [-0.25, -0.2) is 0 Å². The van der Waals surface area contributed by atoms with E-state index in [1.54, 1.807) is 11.9 Å². The third-order valence-corrected chi connectivity index (χ3v) is 3.65. The second kappa shape index (κ2) is 6.29. The van der Waals surface area contributed by atoms with Crippen LogP contribution in [0, 0.1) is 11.3 Å².